The highest BCUT2D eigenvalue weighted by Crippen LogP contribution is 2.23. The second kappa shape index (κ2) is 8.65. The summed E-state index contributed by atoms with van der Waals surface area (Å²) in [6.45, 7) is 4.56. The largest absolute Gasteiger partial charge is 0.493 e. The number of hydrogen-bond donors (Lipinski definition) is 1. The highest BCUT2D eigenvalue weighted by molar-refractivity contribution is 6.30. The maximum absolute atomic E-state index is 6.07. The van der Waals surface area contributed by atoms with Crippen molar-refractivity contribution in [2.75, 3.05) is 13.2 Å². The number of rotatable bonds is 8. The lowest BCUT2D eigenvalue weighted by Gasteiger charge is -2.12. The van der Waals surface area contributed by atoms with Gasteiger partial charge in [-0.1, -0.05) is 18.5 Å². The summed E-state index contributed by atoms with van der Waals surface area (Å²) < 4.78 is 5.91. The monoisotopic (exact) mass is 304 g/mol. The van der Waals surface area contributed by atoms with Crippen LogP contribution in [0.1, 0.15) is 24.5 Å². The van der Waals surface area contributed by atoms with Crippen LogP contribution in [-0.2, 0) is 13.0 Å². The molecule has 0 saturated heterocycles. The molecule has 2 rings (SSSR count). The smallest absolute Gasteiger partial charge is 0.123 e. The topological polar surface area (TPSA) is 34.1 Å². The van der Waals surface area contributed by atoms with Crippen LogP contribution in [0.2, 0.25) is 5.02 Å². The maximum Gasteiger partial charge on any atom is 0.123 e. The number of pyridine rings is 1. The van der Waals surface area contributed by atoms with Crippen molar-refractivity contribution >= 4 is 11.6 Å². The van der Waals surface area contributed by atoms with Gasteiger partial charge >= 0.3 is 0 Å². The first-order valence-corrected chi connectivity index (χ1v) is 7.68. The summed E-state index contributed by atoms with van der Waals surface area (Å²) in [7, 11) is 0. The molecular formula is C17H21ClN2O. The number of nitrogens with one attached hydrogen (secondary N) is 1. The third-order valence-corrected chi connectivity index (χ3v) is 3.40. The second-order valence-corrected chi connectivity index (χ2v) is 5.32. The molecule has 0 unspecified atom stereocenters. The van der Waals surface area contributed by atoms with Gasteiger partial charge in [0.25, 0.3) is 0 Å². The van der Waals surface area contributed by atoms with Crippen LogP contribution in [0.25, 0.3) is 0 Å². The Morgan fingerprint density at radius 1 is 1.19 bits per heavy atom. The van der Waals surface area contributed by atoms with Gasteiger partial charge in [0.05, 0.1) is 6.61 Å². The van der Waals surface area contributed by atoms with E-state index in [1.165, 1.54) is 5.56 Å². The Labute approximate surface area is 131 Å². The zero-order chi connectivity index (χ0) is 14.9. The Balaban J connectivity index is 1.92. The van der Waals surface area contributed by atoms with Crippen LogP contribution in [0.5, 0.6) is 5.75 Å². The van der Waals surface area contributed by atoms with Crippen molar-refractivity contribution in [1.82, 2.24) is 10.3 Å². The molecule has 1 aromatic heterocycles. The molecule has 112 valence electrons. The Morgan fingerprint density at radius 2 is 2.00 bits per heavy atom. The molecule has 0 fully saturated rings. The number of aromatic nitrogens is 1. The van der Waals surface area contributed by atoms with E-state index in [0.29, 0.717) is 6.61 Å². The van der Waals surface area contributed by atoms with Gasteiger partial charge < -0.3 is 10.1 Å². The number of hydrogen-bond acceptors (Lipinski definition) is 3. The fourth-order valence-corrected chi connectivity index (χ4v) is 2.25. The Hall–Kier alpha value is -1.58. The summed E-state index contributed by atoms with van der Waals surface area (Å²) in [5, 5.41) is 4.12. The van der Waals surface area contributed by atoms with E-state index in [2.05, 4.69) is 17.2 Å². The molecule has 0 saturated carbocycles. The molecule has 1 aromatic carbocycles. The van der Waals surface area contributed by atoms with Gasteiger partial charge in [-0.15, -0.1) is 0 Å². The standard InChI is InChI=1S/C17H21ClN2O/c1-2-8-20-13-15-12-16(18)3-4-17(15)21-11-7-14-5-9-19-10-6-14/h3-6,9-10,12,20H,2,7-8,11,13H2,1H3. The molecule has 0 aliphatic rings. The average Bonchev–Trinajstić information content (AvgIpc) is 2.51. The van der Waals surface area contributed by atoms with Gasteiger partial charge in [0, 0.05) is 35.9 Å². The van der Waals surface area contributed by atoms with Crippen LogP contribution in [-0.4, -0.2) is 18.1 Å². The summed E-state index contributed by atoms with van der Waals surface area (Å²) in [6.07, 6.45) is 5.58. The Morgan fingerprint density at radius 3 is 2.76 bits per heavy atom. The number of halogens is 1. The van der Waals surface area contributed by atoms with Gasteiger partial charge in [-0.2, -0.15) is 0 Å². The van der Waals surface area contributed by atoms with E-state index in [1.807, 2.05) is 30.3 Å². The van der Waals surface area contributed by atoms with E-state index in [1.54, 1.807) is 12.4 Å². The molecule has 0 spiro atoms. The van der Waals surface area contributed by atoms with E-state index < -0.39 is 0 Å². The van der Waals surface area contributed by atoms with Gasteiger partial charge in [0.15, 0.2) is 0 Å². The lowest BCUT2D eigenvalue weighted by Crippen LogP contribution is -2.15. The quantitative estimate of drug-likeness (QED) is 0.752. The first-order chi connectivity index (χ1) is 10.3. The second-order valence-electron chi connectivity index (χ2n) is 4.88. The van der Waals surface area contributed by atoms with Gasteiger partial charge in [0.1, 0.15) is 5.75 Å². The molecule has 0 bridgehead atoms. The van der Waals surface area contributed by atoms with Crippen LogP contribution in [0.15, 0.2) is 42.7 Å². The lowest BCUT2D eigenvalue weighted by atomic mass is 10.2. The van der Waals surface area contributed by atoms with Gasteiger partial charge in [-0.25, -0.2) is 0 Å². The fourth-order valence-electron chi connectivity index (χ4n) is 2.06. The molecule has 0 atom stereocenters. The molecule has 0 amide bonds. The van der Waals surface area contributed by atoms with Gasteiger partial charge in [-0.05, 0) is 48.9 Å². The Bertz CT molecular complexity index is 546. The van der Waals surface area contributed by atoms with Crippen molar-refractivity contribution in [2.45, 2.75) is 26.3 Å². The van der Waals surface area contributed by atoms with Crippen molar-refractivity contribution in [3.05, 3.63) is 58.9 Å². The van der Waals surface area contributed by atoms with Crippen LogP contribution in [0.4, 0.5) is 0 Å². The molecular weight excluding hydrogens is 284 g/mol. The highest BCUT2D eigenvalue weighted by Gasteiger charge is 2.05. The third kappa shape index (κ3) is 5.37. The summed E-state index contributed by atoms with van der Waals surface area (Å²) in [6, 6.07) is 9.79. The SMILES string of the molecule is CCCNCc1cc(Cl)ccc1OCCc1ccncc1. The summed E-state index contributed by atoms with van der Waals surface area (Å²) in [4.78, 5) is 4.01. The van der Waals surface area contributed by atoms with E-state index in [9.17, 15) is 0 Å². The van der Waals surface area contributed by atoms with Gasteiger partial charge in [0.2, 0.25) is 0 Å². The van der Waals surface area contributed by atoms with Crippen LogP contribution in [0, 0.1) is 0 Å². The zero-order valence-electron chi connectivity index (χ0n) is 12.3. The number of nitrogens with zero attached hydrogens (tertiary/aromatic N) is 1. The fraction of sp³-hybridized carbons (Fsp3) is 0.353. The molecule has 0 radical (unpaired) electrons. The Kier molecular flexibility index (Phi) is 6.51. The normalized spacial score (nSPS) is 10.6. The van der Waals surface area contributed by atoms with Crippen LogP contribution >= 0.6 is 11.6 Å². The third-order valence-electron chi connectivity index (χ3n) is 3.16. The first kappa shape index (κ1) is 15.8. The van der Waals surface area contributed by atoms with Crippen LogP contribution < -0.4 is 10.1 Å². The predicted molar refractivity (Wildman–Crippen MR) is 86.9 cm³/mol. The molecule has 1 N–H and O–H groups in total. The minimum atomic E-state index is 0.645. The van der Waals surface area contributed by atoms with Crippen molar-refractivity contribution < 1.29 is 4.74 Å². The summed E-state index contributed by atoms with van der Waals surface area (Å²) in [5.74, 6) is 0.900. The first-order valence-electron chi connectivity index (χ1n) is 7.30. The van der Waals surface area contributed by atoms with E-state index in [4.69, 9.17) is 16.3 Å². The van der Waals surface area contributed by atoms with E-state index in [0.717, 1.165) is 42.3 Å². The molecule has 3 nitrogen and oxygen atoms in total. The maximum atomic E-state index is 6.07. The number of ether oxygens (including phenoxy) is 1. The molecule has 2 aromatic rings. The van der Waals surface area contributed by atoms with Crippen molar-refractivity contribution in [2.24, 2.45) is 0 Å². The average molecular weight is 305 g/mol. The van der Waals surface area contributed by atoms with Crippen molar-refractivity contribution in [3.8, 4) is 5.75 Å². The zero-order valence-corrected chi connectivity index (χ0v) is 13.1. The van der Waals surface area contributed by atoms with E-state index in [-0.39, 0.29) is 0 Å². The summed E-state index contributed by atoms with van der Waals surface area (Å²) in [5.41, 5.74) is 2.33. The summed E-state index contributed by atoms with van der Waals surface area (Å²) >= 11 is 6.07. The molecule has 21 heavy (non-hydrogen) atoms. The van der Waals surface area contributed by atoms with Crippen LogP contribution in [0.3, 0.4) is 0 Å². The minimum absolute atomic E-state index is 0.645. The lowest BCUT2D eigenvalue weighted by molar-refractivity contribution is 0.317. The van der Waals surface area contributed by atoms with E-state index >= 15 is 0 Å². The number of benzene rings is 1. The van der Waals surface area contributed by atoms with Gasteiger partial charge in [-0.3, -0.25) is 4.98 Å². The molecule has 1 heterocycles. The molecule has 0 aliphatic heterocycles. The highest BCUT2D eigenvalue weighted by atomic mass is 35.5. The van der Waals surface area contributed by atoms with Crippen molar-refractivity contribution in [1.29, 1.82) is 0 Å². The molecule has 4 heteroatoms. The molecule has 0 aliphatic carbocycles. The van der Waals surface area contributed by atoms with Crippen molar-refractivity contribution in [3.63, 3.8) is 0 Å². The predicted octanol–water partition coefficient (Wildman–Crippen LogP) is 3.86. The minimum Gasteiger partial charge on any atom is -0.493 e.